The van der Waals surface area contributed by atoms with E-state index in [0.717, 1.165) is 20.1 Å². The number of aliphatic hydroxyl groups is 1. The Bertz CT molecular complexity index is 1190. The van der Waals surface area contributed by atoms with E-state index in [9.17, 15) is 19.5 Å². The smallest absolute Gasteiger partial charge is 0.343 e. The number of primary amides is 1. The maximum Gasteiger partial charge on any atom is 0.343 e. The summed E-state index contributed by atoms with van der Waals surface area (Å²) in [7, 11) is 0. The largest absolute Gasteiger partial charge is 0.423 e. The van der Waals surface area contributed by atoms with Crippen LogP contribution in [0.1, 0.15) is 15.9 Å². The van der Waals surface area contributed by atoms with Crippen LogP contribution in [0.3, 0.4) is 0 Å². The normalized spacial score (nSPS) is 15.7. The van der Waals surface area contributed by atoms with Crippen molar-refractivity contribution in [2.24, 2.45) is 11.7 Å². The van der Waals surface area contributed by atoms with Gasteiger partial charge in [0.25, 0.3) is 0 Å². The van der Waals surface area contributed by atoms with Gasteiger partial charge in [0, 0.05) is 10.5 Å². The molecule has 30 heavy (non-hydrogen) atoms. The minimum Gasteiger partial charge on any atom is -0.423 e. The van der Waals surface area contributed by atoms with E-state index in [-0.39, 0.29) is 17.9 Å². The monoisotopic (exact) mass is 468 g/mol. The molecule has 0 saturated heterocycles. The van der Waals surface area contributed by atoms with E-state index in [2.05, 4.69) is 15.9 Å². The van der Waals surface area contributed by atoms with Crippen molar-refractivity contribution in [3.05, 3.63) is 70.2 Å². The second-order valence-electron chi connectivity index (χ2n) is 6.98. The number of benzene rings is 3. The molecule has 1 heterocycles. The van der Waals surface area contributed by atoms with E-state index in [1.807, 2.05) is 24.3 Å². The predicted octanol–water partition coefficient (Wildman–Crippen LogP) is 3.40. The lowest BCUT2D eigenvalue weighted by atomic mass is 9.92. The van der Waals surface area contributed by atoms with Gasteiger partial charge in [-0.2, -0.15) is 0 Å². The van der Waals surface area contributed by atoms with Crippen LogP contribution in [0, 0.1) is 5.92 Å². The highest BCUT2D eigenvalue weighted by Crippen LogP contribution is 2.34. The van der Waals surface area contributed by atoms with Gasteiger partial charge in [0.05, 0.1) is 23.8 Å². The number of hydrogen-bond donors (Lipinski definition) is 2. The van der Waals surface area contributed by atoms with Crippen LogP contribution in [0.15, 0.2) is 59.1 Å². The average molecular weight is 469 g/mol. The number of anilines is 1. The Labute approximate surface area is 180 Å². The number of nitrogens with zero attached hydrogens (tertiary/aromatic N) is 1. The molecule has 3 aromatic carbocycles. The molecule has 0 aliphatic carbocycles. The molecule has 1 unspecified atom stereocenters. The lowest BCUT2D eigenvalue weighted by Crippen LogP contribution is -2.48. The molecule has 3 aromatic rings. The first-order valence-electron chi connectivity index (χ1n) is 9.16. The number of urea groups is 1. The maximum atomic E-state index is 12.6. The molecule has 0 aromatic heterocycles. The van der Waals surface area contributed by atoms with Gasteiger partial charge in [-0.25, -0.2) is 14.5 Å². The van der Waals surface area contributed by atoms with Crippen LogP contribution in [0.4, 0.5) is 10.5 Å². The summed E-state index contributed by atoms with van der Waals surface area (Å²) in [6, 6.07) is 14.7. The predicted molar refractivity (Wildman–Crippen MR) is 114 cm³/mol. The molecule has 4 rings (SSSR count). The van der Waals surface area contributed by atoms with Crippen LogP contribution in [0.2, 0.25) is 0 Å². The van der Waals surface area contributed by atoms with Gasteiger partial charge >= 0.3 is 12.0 Å². The third kappa shape index (κ3) is 3.67. The maximum absolute atomic E-state index is 12.6. The Balaban J connectivity index is 1.63. The van der Waals surface area contributed by atoms with Crippen LogP contribution < -0.4 is 15.4 Å². The van der Waals surface area contributed by atoms with Gasteiger partial charge in [0.2, 0.25) is 5.91 Å². The average Bonchev–Trinajstić information content (AvgIpc) is 2.72. The number of rotatable bonds is 3. The number of halogens is 1. The van der Waals surface area contributed by atoms with Crippen LogP contribution in [-0.4, -0.2) is 29.6 Å². The Kier molecular flexibility index (Phi) is 5.27. The molecule has 0 saturated carbocycles. The zero-order valence-electron chi connectivity index (χ0n) is 15.7. The highest BCUT2D eigenvalue weighted by molar-refractivity contribution is 9.10. The van der Waals surface area contributed by atoms with Crippen molar-refractivity contribution in [2.45, 2.75) is 6.42 Å². The fraction of sp³-hybridized carbons (Fsp3) is 0.136. The highest BCUT2D eigenvalue weighted by atomic mass is 79.9. The van der Waals surface area contributed by atoms with Crippen molar-refractivity contribution in [3.8, 4) is 5.75 Å². The molecular formula is C22H17BrN2O5. The summed E-state index contributed by atoms with van der Waals surface area (Å²) in [5.74, 6) is -1.71. The van der Waals surface area contributed by atoms with E-state index in [0.29, 0.717) is 11.1 Å². The Morgan fingerprint density at radius 3 is 2.57 bits per heavy atom. The van der Waals surface area contributed by atoms with Crippen molar-refractivity contribution >= 4 is 50.3 Å². The molecule has 8 heteroatoms. The lowest BCUT2D eigenvalue weighted by Gasteiger charge is -2.31. The Morgan fingerprint density at radius 1 is 1.10 bits per heavy atom. The second-order valence-corrected chi connectivity index (χ2v) is 7.90. The molecule has 0 spiro atoms. The number of carbonyl (C=O) groups is 3. The van der Waals surface area contributed by atoms with Gasteiger partial charge in [0.15, 0.2) is 0 Å². The molecule has 0 radical (unpaired) electrons. The molecule has 7 nitrogen and oxygen atoms in total. The van der Waals surface area contributed by atoms with Gasteiger partial charge in [-0.3, -0.25) is 4.79 Å². The molecule has 152 valence electrons. The summed E-state index contributed by atoms with van der Waals surface area (Å²) in [6.07, 6.45) is 0.267. The van der Waals surface area contributed by atoms with Gasteiger partial charge in [-0.1, -0.05) is 34.1 Å². The number of nitrogens with two attached hydrogens (primary N) is 1. The van der Waals surface area contributed by atoms with Crippen molar-refractivity contribution in [2.75, 3.05) is 11.5 Å². The van der Waals surface area contributed by atoms with Crippen LogP contribution >= 0.6 is 15.9 Å². The zero-order valence-corrected chi connectivity index (χ0v) is 17.3. The zero-order chi connectivity index (χ0) is 21.4. The van der Waals surface area contributed by atoms with Gasteiger partial charge in [-0.15, -0.1) is 0 Å². The van der Waals surface area contributed by atoms with Crippen molar-refractivity contribution in [1.29, 1.82) is 0 Å². The molecule has 3 amide bonds. The van der Waals surface area contributed by atoms with Gasteiger partial charge in [-0.05, 0) is 53.1 Å². The summed E-state index contributed by atoms with van der Waals surface area (Å²) in [4.78, 5) is 37.7. The van der Waals surface area contributed by atoms with E-state index in [1.165, 1.54) is 6.07 Å². The minimum absolute atomic E-state index is 0.177. The fourth-order valence-electron chi connectivity index (χ4n) is 3.52. The number of amides is 3. The van der Waals surface area contributed by atoms with E-state index >= 15 is 0 Å². The van der Waals surface area contributed by atoms with Crippen LogP contribution in [-0.2, 0) is 11.2 Å². The molecule has 3 N–H and O–H groups in total. The van der Waals surface area contributed by atoms with Crippen molar-refractivity contribution in [1.82, 2.24) is 0 Å². The number of hydrogen-bond acceptors (Lipinski definition) is 5. The Hall–Kier alpha value is -3.23. The van der Waals surface area contributed by atoms with Crippen molar-refractivity contribution in [3.63, 3.8) is 0 Å². The number of carbonyl (C=O) groups excluding carboxylic acids is 3. The Morgan fingerprint density at radius 2 is 1.83 bits per heavy atom. The van der Waals surface area contributed by atoms with Gasteiger partial charge in [0.1, 0.15) is 5.75 Å². The first-order valence-corrected chi connectivity index (χ1v) is 9.95. The first kappa shape index (κ1) is 20.1. The number of esters is 1. The topological polar surface area (TPSA) is 110 Å². The third-order valence-electron chi connectivity index (χ3n) is 5.02. The number of ether oxygens (including phenoxy) is 1. The van der Waals surface area contributed by atoms with Gasteiger partial charge < -0.3 is 15.6 Å². The second kappa shape index (κ2) is 7.89. The lowest BCUT2D eigenvalue weighted by molar-refractivity contribution is -0.123. The highest BCUT2D eigenvalue weighted by Gasteiger charge is 2.35. The number of imide groups is 1. The van der Waals surface area contributed by atoms with E-state index in [4.69, 9.17) is 10.5 Å². The van der Waals surface area contributed by atoms with Crippen LogP contribution in [0.5, 0.6) is 5.75 Å². The first-order chi connectivity index (χ1) is 14.4. The van der Waals surface area contributed by atoms with Crippen LogP contribution in [0.25, 0.3) is 10.8 Å². The fourth-order valence-corrected chi connectivity index (χ4v) is 3.90. The molecule has 1 aliphatic rings. The summed E-state index contributed by atoms with van der Waals surface area (Å²) < 4.78 is 6.41. The third-order valence-corrected chi connectivity index (χ3v) is 5.52. The molecule has 0 bridgehead atoms. The van der Waals surface area contributed by atoms with E-state index in [1.54, 1.807) is 24.3 Å². The molecule has 1 atom stereocenters. The molecule has 1 aliphatic heterocycles. The summed E-state index contributed by atoms with van der Waals surface area (Å²) in [6.45, 7) is -0.392. The molecular weight excluding hydrogens is 452 g/mol. The molecule has 0 fully saturated rings. The number of fused-ring (bicyclic) bond motifs is 2. The summed E-state index contributed by atoms with van der Waals surface area (Å²) >= 11 is 3.42. The quantitative estimate of drug-likeness (QED) is 0.452. The summed E-state index contributed by atoms with van der Waals surface area (Å²) in [5.41, 5.74) is 6.65. The van der Waals surface area contributed by atoms with E-state index < -0.39 is 30.4 Å². The van der Waals surface area contributed by atoms with Crippen molar-refractivity contribution < 1.29 is 24.2 Å². The SMILES string of the molecule is NC(=O)N1C(=O)C(CO)Cc2ccc(OC(=O)c3ccc4cc(Br)ccc4c3)cc21. The minimum atomic E-state index is -0.955. The standard InChI is InChI=1S/C22H17BrN2O5/c23-17-5-3-12-7-15(2-1-13(12)9-17)21(28)30-18-6-4-14-8-16(11-26)20(27)25(22(24)29)19(14)10-18/h1-7,9-10,16,26H,8,11H2,(H2,24,29). The number of aliphatic hydroxyl groups excluding tert-OH is 1. The summed E-state index contributed by atoms with van der Waals surface area (Å²) in [5, 5.41) is 11.3.